The summed E-state index contributed by atoms with van der Waals surface area (Å²) in [7, 11) is 0. The molecule has 4 nitrogen and oxygen atoms in total. The smallest absolute Gasteiger partial charge is 0.132 e. The third-order valence-corrected chi connectivity index (χ3v) is 3.86. The van der Waals surface area contributed by atoms with Gasteiger partial charge >= 0.3 is 0 Å². The van der Waals surface area contributed by atoms with Crippen LogP contribution in [0, 0.1) is 5.92 Å². The Morgan fingerprint density at radius 2 is 2.00 bits per heavy atom. The van der Waals surface area contributed by atoms with E-state index in [-0.39, 0.29) is 0 Å². The Balaban J connectivity index is 2.06. The van der Waals surface area contributed by atoms with Crippen LogP contribution in [-0.2, 0) is 12.8 Å². The van der Waals surface area contributed by atoms with Crippen LogP contribution in [0.25, 0.3) is 0 Å². The van der Waals surface area contributed by atoms with Crippen LogP contribution in [-0.4, -0.2) is 27.2 Å². The molecule has 0 fully saturated rings. The SMILES string of the molecule is CC(C)CC(C)(O)CNc1ncnc2c1CCCCC2. The summed E-state index contributed by atoms with van der Waals surface area (Å²) in [4.78, 5) is 8.80. The van der Waals surface area contributed by atoms with Gasteiger partial charge < -0.3 is 10.4 Å². The summed E-state index contributed by atoms with van der Waals surface area (Å²) < 4.78 is 0. The molecule has 1 aliphatic rings. The normalized spacial score (nSPS) is 18.2. The van der Waals surface area contributed by atoms with Gasteiger partial charge in [-0.05, 0) is 44.9 Å². The summed E-state index contributed by atoms with van der Waals surface area (Å²) in [6, 6.07) is 0. The van der Waals surface area contributed by atoms with Gasteiger partial charge in [0.1, 0.15) is 12.1 Å². The molecule has 0 spiro atoms. The van der Waals surface area contributed by atoms with Crippen LogP contribution >= 0.6 is 0 Å². The molecular formula is C16H27N3O. The second-order valence-electron chi connectivity index (χ2n) is 6.66. The molecule has 1 aromatic rings. The Morgan fingerprint density at radius 1 is 1.25 bits per heavy atom. The number of aromatic nitrogens is 2. The van der Waals surface area contributed by atoms with E-state index in [9.17, 15) is 5.11 Å². The van der Waals surface area contributed by atoms with Gasteiger partial charge in [-0.25, -0.2) is 9.97 Å². The maximum Gasteiger partial charge on any atom is 0.132 e. The van der Waals surface area contributed by atoms with E-state index in [1.54, 1.807) is 6.33 Å². The molecule has 0 amide bonds. The summed E-state index contributed by atoms with van der Waals surface area (Å²) in [5.41, 5.74) is 1.74. The fourth-order valence-corrected chi connectivity index (χ4v) is 3.08. The summed E-state index contributed by atoms with van der Waals surface area (Å²) in [5, 5.41) is 13.7. The second-order valence-corrected chi connectivity index (χ2v) is 6.66. The topological polar surface area (TPSA) is 58.0 Å². The van der Waals surface area contributed by atoms with Crippen molar-refractivity contribution in [3.8, 4) is 0 Å². The van der Waals surface area contributed by atoms with Crippen molar-refractivity contribution in [2.45, 2.75) is 64.9 Å². The molecule has 0 saturated carbocycles. The lowest BCUT2D eigenvalue weighted by Gasteiger charge is -2.26. The molecule has 2 N–H and O–H groups in total. The van der Waals surface area contributed by atoms with Crippen LogP contribution in [0.15, 0.2) is 6.33 Å². The largest absolute Gasteiger partial charge is 0.388 e. The third kappa shape index (κ3) is 4.17. The minimum atomic E-state index is -0.698. The zero-order chi connectivity index (χ0) is 14.6. The van der Waals surface area contributed by atoms with E-state index in [4.69, 9.17) is 0 Å². The molecule has 0 saturated heterocycles. The molecule has 4 heteroatoms. The predicted molar refractivity (Wildman–Crippen MR) is 81.9 cm³/mol. The van der Waals surface area contributed by atoms with Crippen LogP contribution in [0.5, 0.6) is 0 Å². The van der Waals surface area contributed by atoms with Gasteiger partial charge in [0.2, 0.25) is 0 Å². The van der Waals surface area contributed by atoms with Gasteiger partial charge in [-0.15, -0.1) is 0 Å². The molecule has 0 bridgehead atoms. The van der Waals surface area contributed by atoms with Crippen LogP contribution in [0.4, 0.5) is 5.82 Å². The number of aliphatic hydroxyl groups is 1. The summed E-state index contributed by atoms with van der Waals surface area (Å²) in [5.74, 6) is 1.40. The van der Waals surface area contributed by atoms with Crippen molar-refractivity contribution in [3.63, 3.8) is 0 Å². The van der Waals surface area contributed by atoms with E-state index in [1.165, 1.54) is 30.5 Å². The highest BCUT2D eigenvalue weighted by Crippen LogP contribution is 2.25. The molecule has 1 atom stereocenters. The first-order valence-corrected chi connectivity index (χ1v) is 7.77. The first kappa shape index (κ1) is 15.2. The Morgan fingerprint density at radius 3 is 2.75 bits per heavy atom. The average molecular weight is 277 g/mol. The summed E-state index contributed by atoms with van der Waals surface area (Å²) in [6.45, 7) is 6.69. The Hall–Kier alpha value is -1.16. The number of nitrogens with one attached hydrogen (secondary N) is 1. The monoisotopic (exact) mass is 277 g/mol. The lowest BCUT2D eigenvalue weighted by molar-refractivity contribution is 0.0514. The van der Waals surface area contributed by atoms with E-state index in [0.29, 0.717) is 12.5 Å². The van der Waals surface area contributed by atoms with Crippen LogP contribution < -0.4 is 5.32 Å². The van der Waals surface area contributed by atoms with Gasteiger partial charge in [-0.2, -0.15) is 0 Å². The van der Waals surface area contributed by atoms with Crippen molar-refractivity contribution in [3.05, 3.63) is 17.6 Å². The van der Waals surface area contributed by atoms with Crippen molar-refractivity contribution >= 4 is 5.82 Å². The van der Waals surface area contributed by atoms with E-state index in [1.807, 2.05) is 6.92 Å². The molecule has 1 heterocycles. The number of fused-ring (bicyclic) bond motifs is 1. The number of hydrogen-bond donors (Lipinski definition) is 2. The molecule has 0 aromatic carbocycles. The lowest BCUT2D eigenvalue weighted by atomic mass is 9.94. The maximum atomic E-state index is 10.4. The Bertz CT molecular complexity index is 443. The Kier molecular flexibility index (Phi) is 4.97. The van der Waals surface area contributed by atoms with Crippen molar-refractivity contribution in [1.29, 1.82) is 0 Å². The molecule has 0 aliphatic heterocycles. The quantitative estimate of drug-likeness (QED) is 0.812. The third-order valence-electron chi connectivity index (χ3n) is 3.86. The van der Waals surface area contributed by atoms with Gasteiger partial charge in [0.25, 0.3) is 0 Å². The summed E-state index contributed by atoms with van der Waals surface area (Å²) in [6.07, 6.45) is 8.21. The van der Waals surface area contributed by atoms with Crippen LogP contribution in [0.1, 0.15) is 57.7 Å². The highest BCUT2D eigenvalue weighted by atomic mass is 16.3. The van der Waals surface area contributed by atoms with Crippen molar-refractivity contribution < 1.29 is 5.11 Å². The van der Waals surface area contributed by atoms with Crippen LogP contribution in [0.3, 0.4) is 0 Å². The fraction of sp³-hybridized carbons (Fsp3) is 0.750. The number of aryl methyl sites for hydroxylation is 1. The minimum Gasteiger partial charge on any atom is -0.388 e. The van der Waals surface area contributed by atoms with E-state index < -0.39 is 5.60 Å². The zero-order valence-electron chi connectivity index (χ0n) is 12.9. The standard InChI is InChI=1S/C16H27N3O/c1-12(2)9-16(3,20)10-17-15-13-7-5-4-6-8-14(13)18-11-19-15/h11-12,20H,4-10H2,1-3H3,(H,17,18,19). The minimum absolute atomic E-state index is 0.481. The van der Waals surface area contributed by atoms with Gasteiger partial charge in [0, 0.05) is 17.8 Å². The molecule has 112 valence electrons. The van der Waals surface area contributed by atoms with Gasteiger partial charge in [0.05, 0.1) is 5.60 Å². The molecule has 1 aromatic heterocycles. The fourth-order valence-electron chi connectivity index (χ4n) is 3.08. The van der Waals surface area contributed by atoms with E-state index in [2.05, 4.69) is 29.1 Å². The van der Waals surface area contributed by atoms with Gasteiger partial charge in [-0.3, -0.25) is 0 Å². The lowest BCUT2D eigenvalue weighted by Crippen LogP contribution is -2.35. The number of hydrogen-bond acceptors (Lipinski definition) is 4. The maximum absolute atomic E-state index is 10.4. The first-order chi connectivity index (χ1) is 9.48. The highest BCUT2D eigenvalue weighted by Gasteiger charge is 2.23. The molecule has 2 rings (SSSR count). The summed E-state index contributed by atoms with van der Waals surface area (Å²) >= 11 is 0. The van der Waals surface area contributed by atoms with E-state index in [0.717, 1.165) is 25.1 Å². The van der Waals surface area contributed by atoms with E-state index >= 15 is 0 Å². The highest BCUT2D eigenvalue weighted by molar-refractivity contribution is 5.46. The van der Waals surface area contributed by atoms with Gasteiger partial charge in [-0.1, -0.05) is 20.3 Å². The molecule has 0 radical (unpaired) electrons. The predicted octanol–water partition coefficient (Wildman–Crippen LogP) is 2.95. The zero-order valence-corrected chi connectivity index (χ0v) is 12.9. The number of anilines is 1. The molecule has 1 unspecified atom stereocenters. The second kappa shape index (κ2) is 6.53. The molecule has 20 heavy (non-hydrogen) atoms. The van der Waals surface area contributed by atoms with Crippen molar-refractivity contribution in [2.75, 3.05) is 11.9 Å². The van der Waals surface area contributed by atoms with Crippen molar-refractivity contribution in [1.82, 2.24) is 9.97 Å². The first-order valence-electron chi connectivity index (χ1n) is 7.77. The van der Waals surface area contributed by atoms with Crippen LogP contribution in [0.2, 0.25) is 0 Å². The van der Waals surface area contributed by atoms with Crippen molar-refractivity contribution in [2.24, 2.45) is 5.92 Å². The van der Waals surface area contributed by atoms with Gasteiger partial charge in [0.15, 0.2) is 0 Å². The average Bonchev–Trinajstić information content (AvgIpc) is 2.60. The molecular weight excluding hydrogens is 250 g/mol. The number of rotatable bonds is 5. The number of nitrogens with zero attached hydrogens (tertiary/aromatic N) is 2. The Labute approximate surface area is 122 Å². The molecule has 1 aliphatic carbocycles.